The predicted molar refractivity (Wildman–Crippen MR) is 73.7 cm³/mol. The Hall–Kier alpha value is -2.08. The first-order valence-corrected chi connectivity index (χ1v) is 6.32. The van der Waals surface area contributed by atoms with Crippen LogP contribution in [0.5, 0.6) is 0 Å². The Balaban J connectivity index is 1.99. The lowest BCUT2D eigenvalue weighted by Gasteiger charge is -2.07. The van der Waals surface area contributed by atoms with E-state index in [1.807, 2.05) is 0 Å². The number of aliphatic imine (C=N–C) groups is 2. The van der Waals surface area contributed by atoms with Gasteiger partial charge in [-0.15, -0.1) is 0 Å². The van der Waals surface area contributed by atoms with Crippen LogP contribution < -0.4 is 0 Å². The summed E-state index contributed by atoms with van der Waals surface area (Å²) in [4.78, 5) is 30.0. The number of halogens is 1. The van der Waals surface area contributed by atoms with Gasteiger partial charge in [-0.05, 0) is 24.3 Å². The smallest absolute Gasteiger partial charge is 0.293 e. The molecule has 1 heterocycles. The van der Waals surface area contributed by atoms with Gasteiger partial charge in [-0.3, -0.25) is 4.79 Å². The average Bonchev–Trinajstić information content (AvgIpc) is 2.40. The van der Waals surface area contributed by atoms with Gasteiger partial charge in [0.1, 0.15) is 10.9 Å². The van der Waals surface area contributed by atoms with Crippen LogP contribution in [-0.2, 0) is 0 Å². The van der Waals surface area contributed by atoms with E-state index in [9.17, 15) is 14.0 Å². The van der Waals surface area contributed by atoms with Gasteiger partial charge in [0, 0.05) is 17.4 Å². The van der Waals surface area contributed by atoms with Gasteiger partial charge in [0.25, 0.3) is 0 Å². The van der Waals surface area contributed by atoms with Gasteiger partial charge in [-0.2, -0.15) is 9.98 Å². The maximum atomic E-state index is 12.7. The van der Waals surface area contributed by atoms with Crippen molar-refractivity contribution in [2.24, 2.45) is 9.98 Å². The number of rotatable bonds is 3. The molecule has 0 fully saturated rings. The van der Waals surface area contributed by atoms with Gasteiger partial charge < -0.3 is 0 Å². The van der Waals surface area contributed by atoms with Crippen molar-refractivity contribution >= 4 is 34.8 Å². The quantitative estimate of drug-likeness (QED) is 0.797. The summed E-state index contributed by atoms with van der Waals surface area (Å²) in [5.74, 6) is -0.462. The van der Waals surface area contributed by atoms with Gasteiger partial charge in [0.2, 0.25) is 0 Å². The van der Waals surface area contributed by atoms with Gasteiger partial charge >= 0.3 is 6.03 Å². The molecule has 1 aliphatic rings. The maximum Gasteiger partial charge on any atom is 0.368 e. The zero-order valence-corrected chi connectivity index (χ0v) is 10.6. The standard InChI is InChI=1S/C13H9FN2O2S/c1-8-6-15-13(18)16-12(8)19-7-11(17)9-2-4-10(14)5-3-9/h2-6H,1,7H2. The first-order chi connectivity index (χ1) is 9.06. The van der Waals surface area contributed by atoms with Crippen molar-refractivity contribution in [2.45, 2.75) is 0 Å². The third-order valence-corrected chi connectivity index (χ3v) is 3.34. The highest BCUT2D eigenvalue weighted by molar-refractivity contribution is 8.15. The summed E-state index contributed by atoms with van der Waals surface area (Å²) < 4.78 is 12.7. The number of benzene rings is 1. The van der Waals surface area contributed by atoms with Crippen LogP contribution >= 0.6 is 11.8 Å². The van der Waals surface area contributed by atoms with Crippen LogP contribution in [0.15, 0.2) is 46.4 Å². The molecule has 0 N–H and O–H groups in total. The van der Waals surface area contributed by atoms with Gasteiger partial charge in [0.15, 0.2) is 5.78 Å². The molecular weight excluding hydrogens is 267 g/mol. The van der Waals surface area contributed by atoms with Crippen molar-refractivity contribution in [1.82, 2.24) is 0 Å². The highest BCUT2D eigenvalue weighted by atomic mass is 32.2. The zero-order valence-electron chi connectivity index (χ0n) is 9.80. The highest BCUT2D eigenvalue weighted by Crippen LogP contribution is 2.16. The summed E-state index contributed by atoms with van der Waals surface area (Å²) in [6, 6.07) is 4.69. The molecule has 0 saturated heterocycles. The monoisotopic (exact) mass is 276 g/mol. The fourth-order valence-corrected chi connectivity index (χ4v) is 2.17. The van der Waals surface area contributed by atoms with Crippen LogP contribution in [0.2, 0.25) is 0 Å². The predicted octanol–water partition coefficient (Wildman–Crippen LogP) is 2.90. The third kappa shape index (κ3) is 3.45. The lowest BCUT2D eigenvalue weighted by Crippen LogP contribution is -2.11. The van der Waals surface area contributed by atoms with Crippen LogP contribution in [-0.4, -0.2) is 28.8 Å². The Morgan fingerprint density at radius 1 is 1.32 bits per heavy atom. The summed E-state index contributed by atoms with van der Waals surface area (Å²) in [6.45, 7) is 3.68. The number of nitrogens with zero attached hydrogens (tertiary/aromatic N) is 2. The Bertz CT molecular complexity index is 606. The summed E-state index contributed by atoms with van der Waals surface area (Å²) in [5.41, 5.74) is 0.910. The number of carbonyl (C=O) groups excluding carboxylic acids is 2. The van der Waals surface area contributed by atoms with E-state index in [0.29, 0.717) is 16.2 Å². The van der Waals surface area contributed by atoms with Crippen LogP contribution in [0.1, 0.15) is 10.4 Å². The lowest BCUT2D eigenvalue weighted by molar-refractivity contribution is 0.102. The molecule has 2 rings (SSSR count). The first kappa shape index (κ1) is 13.4. The lowest BCUT2D eigenvalue weighted by atomic mass is 10.1. The summed E-state index contributed by atoms with van der Waals surface area (Å²) in [5, 5.41) is 0.385. The second-order valence-electron chi connectivity index (χ2n) is 3.70. The Kier molecular flexibility index (Phi) is 4.01. The zero-order chi connectivity index (χ0) is 13.8. The fourth-order valence-electron chi connectivity index (χ4n) is 1.35. The van der Waals surface area contributed by atoms with Crippen molar-refractivity contribution in [1.29, 1.82) is 0 Å². The molecule has 0 aromatic heterocycles. The maximum absolute atomic E-state index is 12.7. The highest BCUT2D eigenvalue weighted by Gasteiger charge is 2.14. The molecule has 1 aromatic carbocycles. The number of ketones is 1. The number of hydrogen-bond donors (Lipinski definition) is 0. The van der Waals surface area contributed by atoms with E-state index in [0.717, 1.165) is 11.8 Å². The second-order valence-corrected chi connectivity index (χ2v) is 4.67. The van der Waals surface area contributed by atoms with Gasteiger partial charge in [0.05, 0.1) is 5.75 Å². The minimum atomic E-state index is -0.607. The fraction of sp³-hybridized carbons (Fsp3) is 0.0769. The molecule has 0 saturated carbocycles. The second kappa shape index (κ2) is 5.71. The van der Waals surface area contributed by atoms with E-state index in [1.165, 1.54) is 30.5 Å². The number of amides is 2. The number of thioether (sulfide) groups is 1. The van der Waals surface area contributed by atoms with Crippen molar-refractivity contribution < 1.29 is 14.0 Å². The van der Waals surface area contributed by atoms with E-state index >= 15 is 0 Å². The summed E-state index contributed by atoms with van der Waals surface area (Å²) in [7, 11) is 0. The topological polar surface area (TPSA) is 58.9 Å². The molecule has 6 heteroatoms. The Morgan fingerprint density at radius 2 is 2.00 bits per heavy atom. The van der Waals surface area contributed by atoms with Crippen molar-refractivity contribution in [3.8, 4) is 0 Å². The van der Waals surface area contributed by atoms with Crippen LogP contribution in [0, 0.1) is 5.82 Å². The van der Waals surface area contributed by atoms with Crippen LogP contribution in [0.4, 0.5) is 9.18 Å². The molecule has 2 amide bonds. The largest absolute Gasteiger partial charge is 0.368 e. The van der Waals surface area contributed by atoms with Crippen molar-refractivity contribution in [3.63, 3.8) is 0 Å². The summed E-state index contributed by atoms with van der Waals surface area (Å²) in [6.07, 6.45) is 1.32. The Morgan fingerprint density at radius 3 is 2.68 bits per heavy atom. The molecule has 96 valence electrons. The normalized spacial score (nSPS) is 14.5. The molecule has 0 atom stereocenters. The van der Waals surface area contributed by atoms with E-state index in [4.69, 9.17) is 0 Å². The molecule has 1 aromatic rings. The molecule has 0 bridgehead atoms. The number of Topliss-reactive ketones (excluding diaryl/α,β-unsaturated/α-hetero) is 1. The molecule has 0 spiro atoms. The molecular formula is C13H9FN2O2S. The van der Waals surface area contributed by atoms with Gasteiger partial charge in [-0.25, -0.2) is 9.18 Å². The number of hydrogen-bond acceptors (Lipinski definition) is 3. The molecule has 0 radical (unpaired) electrons. The molecule has 4 nitrogen and oxygen atoms in total. The molecule has 0 unspecified atom stereocenters. The van der Waals surface area contributed by atoms with Crippen LogP contribution in [0.25, 0.3) is 0 Å². The SMILES string of the molecule is C=C1C=NC(=O)N=C1SCC(=O)c1ccc(F)cc1. The minimum Gasteiger partial charge on any atom is -0.293 e. The van der Waals surface area contributed by atoms with Crippen molar-refractivity contribution in [2.75, 3.05) is 5.75 Å². The van der Waals surface area contributed by atoms with E-state index in [1.54, 1.807) is 0 Å². The van der Waals surface area contributed by atoms with E-state index in [2.05, 4.69) is 16.6 Å². The van der Waals surface area contributed by atoms with Gasteiger partial charge in [-0.1, -0.05) is 18.3 Å². The number of carbonyl (C=O) groups is 2. The third-order valence-electron chi connectivity index (χ3n) is 2.31. The molecule has 19 heavy (non-hydrogen) atoms. The van der Waals surface area contributed by atoms with E-state index in [-0.39, 0.29) is 11.5 Å². The van der Waals surface area contributed by atoms with Crippen molar-refractivity contribution in [3.05, 3.63) is 47.8 Å². The summed E-state index contributed by atoms with van der Waals surface area (Å²) >= 11 is 1.11. The Labute approximate surface area is 113 Å². The average molecular weight is 276 g/mol. The molecule has 0 aliphatic carbocycles. The number of urea groups is 1. The van der Waals surface area contributed by atoms with E-state index < -0.39 is 11.8 Å². The first-order valence-electron chi connectivity index (χ1n) is 5.34. The van der Waals surface area contributed by atoms with Crippen LogP contribution in [0.3, 0.4) is 0 Å². The molecule has 1 aliphatic heterocycles. The minimum absolute atomic E-state index is 0.102.